The molecule has 2 atom stereocenters. The highest BCUT2D eigenvalue weighted by atomic mass is 35.5. The molecule has 5 heteroatoms. The number of nitrogens with one attached hydrogen (secondary N) is 1. The molecule has 0 aromatic heterocycles. The smallest absolute Gasteiger partial charge is 0.0862 e. The Hall–Kier alpha value is -0.710. The topological polar surface area (TPSA) is 21.3 Å². The maximum absolute atomic E-state index is 6.33. The summed E-state index contributed by atoms with van der Waals surface area (Å²) in [6.45, 7) is 2.48. The number of ether oxygens (including phenoxy) is 1. The third-order valence-electron chi connectivity index (χ3n) is 3.57. The fourth-order valence-electron chi connectivity index (χ4n) is 2.49. The van der Waals surface area contributed by atoms with Gasteiger partial charge in [0.2, 0.25) is 0 Å². The number of hydrogen-bond donors (Lipinski definition) is 1. The lowest BCUT2D eigenvalue weighted by Crippen LogP contribution is -2.41. The summed E-state index contributed by atoms with van der Waals surface area (Å²) in [6.07, 6.45) is 0.108. The molecule has 1 heterocycles. The quantitative estimate of drug-likeness (QED) is 0.796. The summed E-state index contributed by atoms with van der Waals surface area (Å²) < 4.78 is 5.98. The number of thioether (sulfide) groups is 1. The van der Waals surface area contributed by atoms with Gasteiger partial charge in [0, 0.05) is 23.0 Å². The third kappa shape index (κ3) is 3.98. The van der Waals surface area contributed by atoms with Crippen molar-refractivity contribution in [1.29, 1.82) is 0 Å². The second-order valence-electron chi connectivity index (χ2n) is 5.14. The Morgan fingerprint density at radius 3 is 2.68 bits per heavy atom. The molecule has 3 rings (SSSR count). The largest absolute Gasteiger partial charge is 0.374 e. The van der Waals surface area contributed by atoms with E-state index in [9.17, 15) is 0 Å². The van der Waals surface area contributed by atoms with E-state index in [4.69, 9.17) is 27.9 Å². The molecule has 0 amide bonds. The Morgan fingerprint density at radius 2 is 1.95 bits per heavy atom. The monoisotopic (exact) mass is 353 g/mol. The number of morpholine rings is 1. The normalized spacial score (nSPS) is 19.8. The fourth-order valence-corrected chi connectivity index (χ4v) is 4.24. The highest BCUT2D eigenvalue weighted by molar-refractivity contribution is 7.99. The zero-order chi connectivity index (χ0) is 15.4. The van der Waals surface area contributed by atoms with Gasteiger partial charge >= 0.3 is 0 Å². The maximum atomic E-state index is 6.33. The molecule has 0 unspecified atom stereocenters. The van der Waals surface area contributed by atoms with Gasteiger partial charge in [-0.05, 0) is 23.8 Å². The van der Waals surface area contributed by atoms with Crippen molar-refractivity contribution < 1.29 is 4.74 Å². The van der Waals surface area contributed by atoms with E-state index < -0.39 is 0 Å². The van der Waals surface area contributed by atoms with Crippen molar-refractivity contribution in [3.8, 4) is 0 Å². The minimum atomic E-state index is 0.108. The highest BCUT2D eigenvalue weighted by Gasteiger charge is 2.27. The maximum Gasteiger partial charge on any atom is 0.0862 e. The summed E-state index contributed by atoms with van der Waals surface area (Å²) in [7, 11) is 0. The predicted molar refractivity (Wildman–Crippen MR) is 94.1 cm³/mol. The number of rotatable bonds is 4. The van der Waals surface area contributed by atoms with Gasteiger partial charge in [0.15, 0.2) is 0 Å². The van der Waals surface area contributed by atoms with Gasteiger partial charge in [-0.1, -0.05) is 53.5 Å². The first-order valence-corrected chi connectivity index (χ1v) is 8.86. The van der Waals surface area contributed by atoms with E-state index in [1.54, 1.807) is 11.8 Å². The highest BCUT2D eigenvalue weighted by Crippen LogP contribution is 2.42. The molecule has 1 aliphatic rings. The van der Waals surface area contributed by atoms with Crippen molar-refractivity contribution in [3.63, 3.8) is 0 Å². The van der Waals surface area contributed by atoms with Crippen LogP contribution in [0.3, 0.4) is 0 Å². The molecule has 0 saturated carbocycles. The molecule has 1 fully saturated rings. The van der Waals surface area contributed by atoms with Crippen molar-refractivity contribution >= 4 is 35.0 Å². The zero-order valence-corrected chi connectivity index (χ0v) is 14.3. The van der Waals surface area contributed by atoms with Crippen LogP contribution in [0.2, 0.25) is 10.0 Å². The first kappa shape index (κ1) is 16.2. The van der Waals surface area contributed by atoms with Crippen LogP contribution in [0, 0.1) is 0 Å². The van der Waals surface area contributed by atoms with Crippen LogP contribution in [0.5, 0.6) is 0 Å². The molecule has 1 N–H and O–H groups in total. The SMILES string of the molecule is Clc1ccc(Cl)c(S[C@H](c2ccccc2)[C@H]2CNCCO2)c1. The van der Waals surface area contributed by atoms with E-state index in [0.29, 0.717) is 5.02 Å². The van der Waals surface area contributed by atoms with Crippen LogP contribution in [-0.2, 0) is 4.74 Å². The van der Waals surface area contributed by atoms with Crippen LogP contribution in [0.15, 0.2) is 53.4 Å². The van der Waals surface area contributed by atoms with Gasteiger partial charge in [0.25, 0.3) is 0 Å². The van der Waals surface area contributed by atoms with Crippen molar-refractivity contribution in [1.82, 2.24) is 5.32 Å². The first-order valence-electron chi connectivity index (χ1n) is 7.23. The molecule has 116 valence electrons. The van der Waals surface area contributed by atoms with Gasteiger partial charge in [-0.2, -0.15) is 0 Å². The van der Waals surface area contributed by atoms with Crippen LogP contribution < -0.4 is 5.32 Å². The lowest BCUT2D eigenvalue weighted by atomic mass is 10.1. The molecule has 1 saturated heterocycles. The minimum Gasteiger partial charge on any atom is -0.374 e. The Labute approximate surface area is 145 Å². The van der Waals surface area contributed by atoms with E-state index in [1.165, 1.54) is 5.56 Å². The van der Waals surface area contributed by atoms with E-state index >= 15 is 0 Å². The Kier molecular flexibility index (Phi) is 5.66. The molecule has 22 heavy (non-hydrogen) atoms. The summed E-state index contributed by atoms with van der Waals surface area (Å²) in [6, 6.07) is 16.0. The Bertz CT molecular complexity index is 617. The van der Waals surface area contributed by atoms with Crippen LogP contribution in [0.25, 0.3) is 0 Å². The van der Waals surface area contributed by atoms with Gasteiger partial charge < -0.3 is 10.1 Å². The van der Waals surface area contributed by atoms with E-state index in [1.807, 2.05) is 24.3 Å². The van der Waals surface area contributed by atoms with E-state index in [-0.39, 0.29) is 11.4 Å². The molecular weight excluding hydrogens is 337 g/mol. The third-order valence-corrected chi connectivity index (χ3v) is 5.67. The van der Waals surface area contributed by atoms with Gasteiger partial charge in [0.05, 0.1) is 23.0 Å². The molecule has 0 aliphatic carbocycles. The second-order valence-corrected chi connectivity index (χ2v) is 7.16. The average Bonchev–Trinajstić information content (AvgIpc) is 2.57. The average molecular weight is 354 g/mol. The lowest BCUT2D eigenvalue weighted by Gasteiger charge is -2.31. The molecule has 2 aromatic rings. The van der Waals surface area contributed by atoms with Crippen molar-refractivity contribution in [2.45, 2.75) is 16.2 Å². The molecule has 1 aliphatic heterocycles. The van der Waals surface area contributed by atoms with Gasteiger partial charge in [-0.15, -0.1) is 11.8 Å². The summed E-state index contributed by atoms with van der Waals surface area (Å²) in [5, 5.41) is 4.99. The second kappa shape index (κ2) is 7.71. The standard InChI is InChI=1S/C17H17Cl2NOS/c18-13-6-7-14(19)16(10-13)22-17(12-4-2-1-3-5-12)15-11-20-8-9-21-15/h1-7,10,15,17,20H,8-9,11H2/t15-,17-/m1/s1. The van der Waals surface area contributed by atoms with Crippen molar-refractivity contribution in [2.75, 3.05) is 19.7 Å². The van der Waals surface area contributed by atoms with Crippen molar-refractivity contribution in [2.24, 2.45) is 0 Å². The number of hydrogen-bond acceptors (Lipinski definition) is 3. The predicted octanol–water partition coefficient (Wildman–Crippen LogP) is 4.82. The van der Waals surface area contributed by atoms with Crippen LogP contribution in [0.4, 0.5) is 0 Å². The van der Waals surface area contributed by atoms with Gasteiger partial charge in [0.1, 0.15) is 0 Å². The Morgan fingerprint density at radius 1 is 1.14 bits per heavy atom. The minimum absolute atomic E-state index is 0.108. The summed E-state index contributed by atoms with van der Waals surface area (Å²) in [4.78, 5) is 0.984. The molecule has 2 aromatic carbocycles. The molecule has 0 spiro atoms. The van der Waals surface area contributed by atoms with Crippen LogP contribution >= 0.6 is 35.0 Å². The number of halogens is 2. The summed E-state index contributed by atoms with van der Waals surface area (Å²) >= 11 is 14.2. The van der Waals surface area contributed by atoms with Gasteiger partial charge in [-0.3, -0.25) is 0 Å². The van der Waals surface area contributed by atoms with Gasteiger partial charge in [-0.25, -0.2) is 0 Å². The fraction of sp³-hybridized carbons (Fsp3) is 0.294. The number of benzene rings is 2. The van der Waals surface area contributed by atoms with Crippen LogP contribution in [0.1, 0.15) is 10.8 Å². The Balaban J connectivity index is 1.89. The first-order chi connectivity index (χ1) is 10.7. The van der Waals surface area contributed by atoms with E-state index in [2.05, 4.69) is 29.6 Å². The van der Waals surface area contributed by atoms with E-state index in [0.717, 1.165) is 29.6 Å². The molecule has 2 nitrogen and oxygen atoms in total. The summed E-state index contributed by atoms with van der Waals surface area (Å²) in [5.74, 6) is 0. The molecule has 0 radical (unpaired) electrons. The molecule has 0 bridgehead atoms. The van der Waals surface area contributed by atoms with Crippen molar-refractivity contribution in [3.05, 3.63) is 64.1 Å². The molecular formula is C17H17Cl2NOS. The zero-order valence-electron chi connectivity index (χ0n) is 12.0. The van der Waals surface area contributed by atoms with Crippen LogP contribution in [-0.4, -0.2) is 25.8 Å². The summed E-state index contributed by atoms with van der Waals surface area (Å²) in [5.41, 5.74) is 1.23. The lowest BCUT2D eigenvalue weighted by molar-refractivity contribution is 0.0273.